The van der Waals surface area contributed by atoms with Crippen LogP contribution in [-0.2, 0) is 20.2 Å². The third-order valence-corrected chi connectivity index (χ3v) is 5.65. The van der Waals surface area contributed by atoms with E-state index in [9.17, 15) is 4.57 Å². The van der Waals surface area contributed by atoms with Gasteiger partial charge in [0.2, 0.25) is 17.2 Å². The molecule has 0 aliphatic carbocycles. The molecule has 0 saturated heterocycles. The second kappa shape index (κ2) is 8.35. The Bertz CT molecular complexity index is 920. The quantitative estimate of drug-likeness (QED) is 0.585. The molecule has 0 saturated carbocycles. The average molecular weight is 389 g/mol. The van der Waals surface area contributed by atoms with Crippen LogP contribution >= 0.6 is 7.60 Å². The monoisotopic (exact) mass is 389 g/mol. The predicted octanol–water partition coefficient (Wildman–Crippen LogP) is 3.47. The number of anilines is 1. The van der Waals surface area contributed by atoms with E-state index in [0.29, 0.717) is 17.9 Å². The fraction of sp³-hybridized carbons (Fsp3) is 0.222. The van der Waals surface area contributed by atoms with E-state index in [1.807, 2.05) is 12.1 Å². The average Bonchev–Trinajstić information content (AvgIpc) is 3.17. The smallest absolute Gasteiger partial charge is 0.384 e. The molecule has 0 bridgehead atoms. The first-order valence-corrected chi connectivity index (χ1v) is 9.64. The van der Waals surface area contributed by atoms with Gasteiger partial charge in [-0.3, -0.25) is 9.55 Å². The summed E-state index contributed by atoms with van der Waals surface area (Å²) in [5, 5.41) is 3.09. The first-order chi connectivity index (χ1) is 13.1. The largest absolute Gasteiger partial charge is 0.497 e. The van der Waals surface area contributed by atoms with E-state index in [4.69, 9.17) is 18.2 Å². The topological polar surface area (TPSA) is 95.7 Å². The van der Waals surface area contributed by atoms with Crippen molar-refractivity contribution in [3.05, 3.63) is 54.4 Å². The van der Waals surface area contributed by atoms with E-state index in [1.165, 1.54) is 14.2 Å². The Hall–Kier alpha value is -2.67. The molecular formula is C18H20N3O5P. The molecular weight excluding hydrogens is 369 g/mol. The molecule has 3 aromatic rings. The Morgan fingerprint density at radius 2 is 1.85 bits per heavy atom. The van der Waals surface area contributed by atoms with E-state index in [2.05, 4.69) is 15.3 Å². The van der Waals surface area contributed by atoms with Crippen LogP contribution < -0.4 is 15.5 Å². The first kappa shape index (κ1) is 19.1. The summed E-state index contributed by atoms with van der Waals surface area (Å²) < 4.78 is 34.1. The summed E-state index contributed by atoms with van der Waals surface area (Å²) in [5.74, 6) is 1.22. The number of hydrogen-bond donors (Lipinski definition) is 1. The van der Waals surface area contributed by atoms with Crippen molar-refractivity contribution in [3.8, 4) is 17.2 Å². The molecule has 2 heterocycles. The maximum absolute atomic E-state index is 12.9. The van der Waals surface area contributed by atoms with Crippen LogP contribution in [0.3, 0.4) is 0 Å². The van der Waals surface area contributed by atoms with Gasteiger partial charge in [-0.25, -0.2) is 0 Å². The van der Waals surface area contributed by atoms with E-state index in [0.717, 1.165) is 5.56 Å². The summed E-state index contributed by atoms with van der Waals surface area (Å²) in [5.41, 5.74) is 1.71. The van der Waals surface area contributed by atoms with Gasteiger partial charge >= 0.3 is 7.60 Å². The SMILES string of the molecule is COc1ccc(-c2nc(P(=O)(OC)OC)c(NCc3cccnc3)o2)cc1. The van der Waals surface area contributed by atoms with Crippen LogP contribution in [0.15, 0.2) is 53.2 Å². The van der Waals surface area contributed by atoms with E-state index in [-0.39, 0.29) is 17.2 Å². The van der Waals surface area contributed by atoms with Crippen molar-refractivity contribution in [2.24, 2.45) is 0 Å². The molecule has 0 spiro atoms. The van der Waals surface area contributed by atoms with E-state index < -0.39 is 7.60 Å². The lowest BCUT2D eigenvalue weighted by Gasteiger charge is -2.12. The molecule has 0 fully saturated rings. The van der Waals surface area contributed by atoms with Gasteiger partial charge in [0, 0.05) is 38.7 Å². The highest BCUT2D eigenvalue weighted by Gasteiger charge is 2.34. The lowest BCUT2D eigenvalue weighted by Crippen LogP contribution is -2.14. The normalized spacial score (nSPS) is 11.4. The van der Waals surface area contributed by atoms with Crippen LogP contribution in [0.5, 0.6) is 5.75 Å². The minimum Gasteiger partial charge on any atom is -0.497 e. The molecule has 0 unspecified atom stereocenters. The standard InChI is InChI=1S/C18H20N3O5P/c1-23-15-8-6-14(7-9-15)16-21-18(27(22,24-2)25-3)17(26-16)20-12-13-5-4-10-19-11-13/h4-11,20H,12H2,1-3H3. The summed E-state index contributed by atoms with van der Waals surface area (Å²) >= 11 is 0. The maximum atomic E-state index is 12.9. The number of ether oxygens (including phenoxy) is 1. The number of rotatable bonds is 8. The summed E-state index contributed by atoms with van der Waals surface area (Å²) in [6.45, 7) is 0.408. The van der Waals surface area contributed by atoms with Crippen LogP contribution in [0.2, 0.25) is 0 Å². The molecule has 9 heteroatoms. The van der Waals surface area contributed by atoms with Crippen molar-refractivity contribution in [2.45, 2.75) is 6.54 Å². The Kier molecular flexibility index (Phi) is 5.91. The fourth-order valence-corrected chi connectivity index (χ4v) is 3.48. The van der Waals surface area contributed by atoms with Gasteiger partial charge in [-0.15, -0.1) is 0 Å². The molecule has 1 aromatic carbocycles. The number of nitrogens with zero attached hydrogens (tertiary/aromatic N) is 2. The highest BCUT2D eigenvalue weighted by molar-refractivity contribution is 7.62. The second-order valence-corrected chi connectivity index (χ2v) is 7.63. The molecule has 0 atom stereocenters. The molecule has 0 aliphatic rings. The molecule has 1 N–H and O–H groups in total. The van der Waals surface area contributed by atoms with Crippen LogP contribution in [0, 0.1) is 0 Å². The predicted molar refractivity (Wildman–Crippen MR) is 101 cm³/mol. The van der Waals surface area contributed by atoms with Crippen molar-refractivity contribution in [1.82, 2.24) is 9.97 Å². The zero-order chi connectivity index (χ0) is 19.3. The minimum atomic E-state index is -3.61. The minimum absolute atomic E-state index is 0.0854. The molecule has 2 aromatic heterocycles. The van der Waals surface area contributed by atoms with Gasteiger partial charge in [0.15, 0.2) is 0 Å². The number of methoxy groups -OCH3 is 1. The van der Waals surface area contributed by atoms with E-state index >= 15 is 0 Å². The van der Waals surface area contributed by atoms with Crippen LogP contribution in [0.4, 0.5) is 5.88 Å². The molecule has 0 aliphatic heterocycles. The highest BCUT2D eigenvalue weighted by atomic mass is 31.2. The van der Waals surface area contributed by atoms with Crippen molar-refractivity contribution < 1.29 is 22.8 Å². The third kappa shape index (κ3) is 4.19. The number of pyridine rings is 1. The second-order valence-electron chi connectivity index (χ2n) is 5.48. The summed E-state index contributed by atoms with van der Waals surface area (Å²) in [6.07, 6.45) is 3.41. The number of nitrogens with one attached hydrogen (secondary N) is 1. The lowest BCUT2D eigenvalue weighted by atomic mass is 10.2. The summed E-state index contributed by atoms with van der Waals surface area (Å²) in [6, 6.07) is 10.9. The molecule has 0 amide bonds. The van der Waals surface area contributed by atoms with Crippen LogP contribution in [0.1, 0.15) is 5.56 Å². The van der Waals surface area contributed by atoms with Crippen molar-refractivity contribution in [1.29, 1.82) is 0 Å². The van der Waals surface area contributed by atoms with Crippen molar-refractivity contribution >= 4 is 18.9 Å². The summed E-state index contributed by atoms with van der Waals surface area (Å²) in [4.78, 5) is 8.43. The van der Waals surface area contributed by atoms with Crippen molar-refractivity contribution in [2.75, 3.05) is 26.6 Å². The van der Waals surface area contributed by atoms with Gasteiger partial charge in [-0.2, -0.15) is 4.98 Å². The molecule has 8 nitrogen and oxygen atoms in total. The Labute approximate surface area is 157 Å². The van der Waals surface area contributed by atoms with E-state index in [1.54, 1.807) is 43.8 Å². The fourth-order valence-electron chi connectivity index (χ4n) is 2.40. The van der Waals surface area contributed by atoms with Gasteiger partial charge < -0.3 is 23.5 Å². The van der Waals surface area contributed by atoms with Gasteiger partial charge in [0.25, 0.3) is 0 Å². The van der Waals surface area contributed by atoms with Crippen LogP contribution in [0.25, 0.3) is 11.5 Å². The number of aromatic nitrogens is 2. The van der Waals surface area contributed by atoms with Crippen molar-refractivity contribution in [3.63, 3.8) is 0 Å². The first-order valence-electron chi connectivity index (χ1n) is 8.09. The van der Waals surface area contributed by atoms with Gasteiger partial charge in [-0.1, -0.05) is 6.07 Å². The zero-order valence-electron chi connectivity index (χ0n) is 15.2. The molecule has 27 heavy (non-hydrogen) atoms. The van der Waals surface area contributed by atoms with Gasteiger partial charge in [0.05, 0.1) is 7.11 Å². The number of hydrogen-bond acceptors (Lipinski definition) is 8. The molecule has 0 radical (unpaired) electrons. The molecule has 3 rings (SSSR count). The Balaban J connectivity index is 1.96. The third-order valence-electron chi connectivity index (χ3n) is 3.86. The maximum Gasteiger partial charge on any atom is 0.384 e. The Morgan fingerprint density at radius 3 is 2.44 bits per heavy atom. The molecule has 142 valence electrons. The van der Waals surface area contributed by atoms with Gasteiger partial charge in [0.1, 0.15) is 5.75 Å². The number of benzene rings is 1. The Morgan fingerprint density at radius 1 is 1.11 bits per heavy atom. The lowest BCUT2D eigenvalue weighted by molar-refractivity contribution is 0.286. The summed E-state index contributed by atoms with van der Waals surface area (Å²) in [7, 11) is 0.579. The van der Waals surface area contributed by atoms with Crippen LogP contribution in [-0.4, -0.2) is 31.3 Å². The number of oxazole rings is 1. The highest BCUT2D eigenvalue weighted by Crippen LogP contribution is 2.47. The van der Waals surface area contributed by atoms with Gasteiger partial charge in [-0.05, 0) is 35.9 Å². The zero-order valence-corrected chi connectivity index (χ0v) is 16.1.